The predicted octanol–water partition coefficient (Wildman–Crippen LogP) is 6.02. The number of aromatic amines is 1. The SMILES string of the molecule is CC(C)=CCC[C@H](C)CCN1c2ccc(C(=O)CCc3ccccn3)c3[nH]cc(c23)C[C@@H](CO)NC(=O)[C@@H]1C(C)C. The van der Waals surface area contributed by atoms with Crippen molar-refractivity contribution in [2.75, 3.05) is 18.1 Å². The Balaban J connectivity index is 1.72. The highest BCUT2D eigenvalue weighted by atomic mass is 16.3. The van der Waals surface area contributed by atoms with Crippen LogP contribution in [0.3, 0.4) is 0 Å². The topological polar surface area (TPSA) is 98.3 Å². The zero-order chi connectivity index (χ0) is 29.5. The largest absolute Gasteiger partial charge is 0.394 e. The van der Waals surface area contributed by atoms with E-state index in [0.29, 0.717) is 30.7 Å². The van der Waals surface area contributed by atoms with Crippen molar-refractivity contribution < 1.29 is 14.7 Å². The number of amides is 1. The Morgan fingerprint density at radius 1 is 1.17 bits per heavy atom. The molecule has 220 valence electrons. The monoisotopic (exact) mass is 558 g/mol. The summed E-state index contributed by atoms with van der Waals surface area (Å²) in [5.41, 5.74) is 5.66. The lowest BCUT2D eigenvalue weighted by molar-refractivity contribution is -0.124. The van der Waals surface area contributed by atoms with Gasteiger partial charge in [-0.1, -0.05) is 38.5 Å². The first-order valence-electron chi connectivity index (χ1n) is 15.1. The summed E-state index contributed by atoms with van der Waals surface area (Å²) in [6.07, 6.45) is 10.5. The van der Waals surface area contributed by atoms with Gasteiger partial charge in [-0.25, -0.2) is 0 Å². The number of carbonyl (C=O) groups is 2. The van der Waals surface area contributed by atoms with Gasteiger partial charge in [0, 0.05) is 47.7 Å². The molecule has 4 rings (SSSR count). The van der Waals surface area contributed by atoms with Gasteiger partial charge in [-0.2, -0.15) is 0 Å². The lowest BCUT2D eigenvalue weighted by Gasteiger charge is -2.36. The van der Waals surface area contributed by atoms with E-state index in [9.17, 15) is 14.7 Å². The first kappa shape index (κ1) is 30.5. The average molecular weight is 559 g/mol. The van der Waals surface area contributed by atoms with Gasteiger partial charge in [-0.05, 0) is 87.6 Å². The van der Waals surface area contributed by atoms with Crippen LogP contribution in [0.2, 0.25) is 0 Å². The summed E-state index contributed by atoms with van der Waals surface area (Å²) < 4.78 is 0. The molecule has 0 spiro atoms. The molecule has 0 bridgehead atoms. The fourth-order valence-corrected chi connectivity index (χ4v) is 5.94. The van der Waals surface area contributed by atoms with Crippen molar-refractivity contribution in [1.82, 2.24) is 15.3 Å². The van der Waals surface area contributed by atoms with E-state index in [4.69, 9.17) is 0 Å². The molecule has 2 aromatic heterocycles. The van der Waals surface area contributed by atoms with Gasteiger partial charge in [-0.15, -0.1) is 0 Å². The molecular formula is C34H46N4O3. The quantitative estimate of drug-likeness (QED) is 0.187. The average Bonchev–Trinajstić information content (AvgIpc) is 3.37. The maximum atomic E-state index is 13.7. The second-order valence-electron chi connectivity index (χ2n) is 12.2. The Morgan fingerprint density at radius 3 is 2.66 bits per heavy atom. The molecule has 1 aliphatic rings. The van der Waals surface area contributed by atoms with Crippen molar-refractivity contribution in [2.45, 2.75) is 85.2 Å². The molecule has 1 amide bonds. The van der Waals surface area contributed by atoms with E-state index in [1.807, 2.05) is 36.5 Å². The Labute approximate surface area is 244 Å². The van der Waals surface area contributed by atoms with E-state index in [1.54, 1.807) is 6.20 Å². The van der Waals surface area contributed by atoms with Crippen LogP contribution in [0.1, 0.15) is 81.9 Å². The van der Waals surface area contributed by atoms with Gasteiger partial charge in [0.25, 0.3) is 0 Å². The number of H-pyrrole nitrogens is 1. The molecule has 0 unspecified atom stereocenters. The Morgan fingerprint density at radius 2 is 1.98 bits per heavy atom. The van der Waals surface area contributed by atoms with Gasteiger partial charge >= 0.3 is 0 Å². The third-order valence-corrected chi connectivity index (χ3v) is 8.18. The molecular weight excluding hydrogens is 512 g/mol. The molecule has 0 saturated heterocycles. The summed E-state index contributed by atoms with van der Waals surface area (Å²) in [6, 6.07) is 8.90. The number of allylic oxidation sites excluding steroid dienone is 2. The van der Waals surface area contributed by atoms with Crippen molar-refractivity contribution in [3.05, 3.63) is 71.2 Å². The molecule has 1 aliphatic heterocycles. The van der Waals surface area contributed by atoms with Crippen LogP contribution in [0.15, 0.2) is 54.4 Å². The number of rotatable bonds is 12. The molecule has 7 heteroatoms. The number of hydrogen-bond donors (Lipinski definition) is 3. The minimum atomic E-state index is -0.401. The van der Waals surface area contributed by atoms with E-state index < -0.39 is 12.1 Å². The maximum Gasteiger partial charge on any atom is 0.243 e. The molecule has 3 aromatic rings. The lowest BCUT2D eigenvalue weighted by atomic mass is 9.95. The van der Waals surface area contributed by atoms with Crippen LogP contribution in [0, 0.1) is 11.8 Å². The molecule has 0 fully saturated rings. The van der Waals surface area contributed by atoms with Crippen LogP contribution in [0.25, 0.3) is 10.9 Å². The molecule has 41 heavy (non-hydrogen) atoms. The number of aryl methyl sites for hydroxylation is 1. The standard InChI is InChI=1S/C34H46N4O3/c1-22(2)9-8-10-24(5)16-18-38-29-14-13-28(30(40)15-12-26-11-6-7-17-35-26)32-31(29)25(20-36-32)19-27(21-39)37-34(41)33(38)23(3)4/h6-7,9,11,13-14,17,20,23-24,27,33,36,39H,8,10,12,15-16,18-19,21H2,1-5H3,(H,37,41)/t24-,27-,33-/m0/s1. The predicted molar refractivity (Wildman–Crippen MR) is 166 cm³/mol. The number of Topliss-reactive ketones (excluding diaryl/α,β-unsaturated/α-hetero) is 1. The molecule has 0 saturated carbocycles. The summed E-state index contributed by atoms with van der Waals surface area (Å²) in [5, 5.41) is 14.3. The normalized spacial score (nSPS) is 18.0. The van der Waals surface area contributed by atoms with Crippen LogP contribution >= 0.6 is 0 Å². The second-order valence-corrected chi connectivity index (χ2v) is 12.2. The fourth-order valence-electron chi connectivity index (χ4n) is 5.94. The number of nitrogens with zero attached hydrogens (tertiary/aromatic N) is 2. The first-order chi connectivity index (χ1) is 19.7. The Bertz CT molecular complexity index is 1360. The number of carbonyl (C=O) groups excluding carboxylic acids is 2. The maximum absolute atomic E-state index is 13.7. The summed E-state index contributed by atoms with van der Waals surface area (Å²) in [4.78, 5) is 37.2. The van der Waals surface area contributed by atoms with Crippen LogP contribution < -0.4 is 10.2 Å². The Hall–Kier alpha value is -3.45. The third kappa shape index (κ3) is 7.45. The van der Waals surface area contributed by atoms with Crippen LogP contribution in [-0.2, 0) is 17.6 Å². The van der Waals surface area contributed by atoms with Crippen LogP contribution in [0.4, 0.5) is 5.69 Å². The number of nitrogens with one attached hydrogen (secondary N) is 2. The minimum Gasteiger partial charge on any atom is -0.394 e. The number of aromatic nitrogens is 2. The minimum absolute atomic E-state index is 0.0468. The van der Waals surface area contributed by atoms with Crippen molar-refractivity contribution in [3.63, 3.8) is 0 Å². The second kappa shape index (κ2) is 13.9. The number of ketones is 1. The number of benzene rings is 1. The van der Waals surface area contributed by atoms with Crippen LogP contribution in [0.5, 0.6) is 0 Å². The van der Waals surface area contributed by atoms with E-state index in [2.05, 4.69) is 60.9 Å². The highest BCUT2D eigenvalue weighted by Gasteiger charge is 2.34. The number of aliphatic hydroxyl groups is 1. The Kier molecular flexibility index (Phi) is 10.4. The molecule has 1 aromatic carbocycles. The van der Waals surface area contributed by atoms with Crippen molar-refractivity contribution in [2.24, 2.45) is 11.8 Å². The highest BCUT2D eigenvalue weighted by Crippen LogP contribution is 2.37. The van der Waals surface area contributed by atoms with E-state index >= 15 is 0 Å². The summed E-state index contributed by atoms with van der Waals surface area (Å²) in [6.45, 7) is 11.3. The number of aliphatic hydroxyl groups excluding tert-OH is 1. The van der Waals surface area contributed by atoms with E-state index in [0.717, 1.165) is 53.7 Å². The number of hydrogen-bond acceptors (Lipinski definition) is 5. The number of anilines is 1. The van der Waals surface area contributed by atoms with Crippen molar-refractivity contribution in [1.29, 1.82) is 0 Å². The molecule has 3 atom stereocenters. The van der Waals surface area contributed by atoms with Gasteiger partial charge in [0.2, 0.25) is 5.91 Å². The van der Waals surface area contributed by atoms with E-state index in [1.165, 1.54) is 5.57 Å². The van der Waals surface area contributed by atoms with E-state index in [-0.39, 0.29) is 24.2 Å². The van der Waals surface area contributed by atoms with Crippen molar-refractivity contribution in [3.8, 4) is 0 Å². The highest BCUT2D eigenvalue weighted by molar-refractivity contribution is 6.11. The lowest BCUT2D eigenvalue weighted by Crippen LogP contribution is -2.53. The summed E-state index contributed by atoms with van der Waals surface area (Å²) in [5.74, 6) is 0.538. The fraction of sp³-hybridized carbons (Fsp3) is 0.500. The third-order valence-electron chi connectivity index (χ3n) is 8.18. The molecule has 3 N–H and O–H groups in total. The first-order valence-corrected chi connectivity index (χ1v) is 15.1. The molecule has 3 heterocycles. The van der Waals surface area contributed by atoms with Gasteiger partial charge in [0.15, 0.2) is 5.78 Å². The zero-order valence-corrected chi connectivity index (χ0v) is 25.2. The van der Waals surface area contributed by atoms with Gasteiger partial charge in [-0.3, -0.25) is 14.6 Å². The smallest absolute Gasteiger partial charge is 0.243 e. The zero-order valence-electron chi connectivity index (χ0n) is 25.2. The van der Waals surface area contributed by atoms with Crippen molar-refractivity contribution >= 4 is 28.3 Å². The van der Waals surface area contributed by atoms with Crippen LogP contribution in [-0.4, -0.2) is 52.0 Å². The molecule has 7 nitrogen and oxygen atoms in total. The number of pyridine rings is 1. The van der Waals surface area contributed by atoms with Gasteiger partial charge in [0.05, 0.1) is 18.2 Å². The summed E-state index contributed by atoms with van der Waals surface area (Å²) in [7, 11) is 0. The molecule has 0 aliphatic carbocycles. The van der Waals surface area contributed by atoms with Gasteiger partial charge in [0.1, 0.15) is 6.04 Å². The summed E-state index contributed by atoms with van der Waals surface area (Å²) >= 11 is 0. The molecule has 0 radical (unpaired) electrons. The van der Waals surface area contributed by atoms with Gasteiger partial charge < -0.3 is 20.3 Å².